The number of amides is 1. The van der Waals surface area contributed by atoms with Crippen LogP contribution >= 0.6 is 46.3 Å². The number of nitrogens with one attached hydrogen (secondary N) is 1. The largest absolute Gasteiger partial charge is 0.316 e. The van der Waals surface area contributed by atoms with Gasteiger partial charge in [-0.2, -0.15) is 5.26 Å². The van der Waals surface area contributed by atoms with Gasteiger partial charge in [-0.05, 0) is 53.9 Å². The maximum atomic E-state index is 13.2. The first-order valence-corrected chi connectivity index (χ1v) is 11.5. The summed E-state index contributed by atoms with van der Waals surface area (Å²) in [5.74, 6) is -0.318. The van der Waals surface area contributed by atoms with E-state index < -0.39 is 0 Å². The van der Waals surface area contributed by atoms with Gasteiger partial charge in [-0.15, -0.1) is 11.3 Å². The van der Waals surface area contributed by atoms with E-state index in [0.29, 0.717) is 42.4 Å². The third-order valence-corrected chi connectivity index (χ3v) is 6.51. The number of hydrogen-bond acceptors (Lipinski definition) is 6. The van der Waals surface area contributed by atoms with Crippen LogP contribution < -0.4 is 10.9 Å². The minimum Gasteiger partial charge on any atom is -0.316 e. The molecular formula is C21H12Cl2N4O2S2. The standard InChI is InChI=1S/C21H12Cl2N4O2S2/c22-13-1-4-15(5-2-13)27-20(29)16-6-3-14(23)9-17(16)25-21(27)31-11-18(28)26-19-12(10-24)7-8-30-19/h1-9H,11H2,(H,26,28). The molecule has 10 heteroatoms. The summed E-state index contributed by atoms with van der Waals surface area (Å²) in [6.07, 6.45) is 0. The number of benzene rings is 2. The molecule has 6 nitrogen and oxygen atoms in total. The first kappa shape index (κ1) is 21.4. The van der Waals surface area contributed by atoms with Gasteiger partial charge in [-0.1, -0.05) is 35.0 Å². The van der Waals surface area contributed by atoms with E-state index in [9.17, 15) is 9.59 Å². The Morgan fingerprint density at radius 1 is 1.16 bits per heavy atom. The Morgan fingerprint density at radius 2 is 1.90 bits per heavy atom. The van der Waals surface area contributed by atoms with Crippen LogP contribution in [-0.4, -0.2) is 21.2 Å². The van der Waals surface area contributed by atoms with Crippen LogP contribution in [0.1, 0.15) is 5.56 Å². The van der Waals surface area contributed by atoms with E-state index in [1.54, 1.807) is 53.9 Å². The number of fused-ring (bicyclic) bond motifs is 1. The highest BCUT2D eigenvalue weighted by atomic mass is 35.5. The first-order chi connectivity index (χ1) is 15.0. The average molecular weight is 487 g/mol. The minimum absolute atomic E-state index is 0.00509. The van der Waals surface area contributed by atoms with Crippen molar-refractivity contribution in [2.24, 2.45) is 0 Å². The van der Waals surface area contributed by atoms with Gasteiger partial charge < -0.3 is 5.32 Å². The molecule has 0 saturated carbocycles. The molecule has 1 amide bonds. The molecule has 2 aromatic carbocycles. The Balaban J connectivity index is 1.70. The molecule has 1 N–H and O–H groups in total. The first-order valence-electron chi connectivity index (χ1n) is 8.85. The van der Waals surface area contributed by atoms with Gasteiger partial charge >= 0.3 is 0 Å². The van der Waals surface area contributed by atoms with Crippen LogP contribution in [0.25, 0.3) is 16.6 Å². The van der Waals surface area contributed by atoms with Gasteiger partial charge in [-0.3, -0.25) is 14.2 Å². The van der Waals surface area contributed by atoms with Gasteiger partial charge in [0.2, 0.25) is 5.91 Å². The Morgan fingerprint density at radius 3 is 2.65 bits per heavy atom. The van der Waals surface area contributed by atoms with E-state index in [0.717, 1.165) is 11.8 Å². The highest BCUT2D eigenvalue weighted by molar-refractivity contribution is 7.99. The molecule has 154 valence electrons. The van der Waals surface area contributed by atoms with E-state index >= 15 is 0 Å². The number of carbonyl (C=O) groups excluding carboxylic acids is 1. The average Bonchev–Trinajstić information content (AvgIpc) is 3.20. The fraction of sp³-hybridized carbons (Fsp3) is 0.0476. The summed E-state index contributed by atoms with van der Waals surface area (Å²) in [4.78, 5) is 30.3. The number of carbonyl (C=O) groups is 1. The van der Waals surface area contributed by atoms with E-state index in [1.807, 2.05) is 6.07 Å². The van der Waals surface area contributed by atoms with Gasteiger partial charge in [0.1, 0.15) is 11.1 Å². The molecule has 0 atom stereocenters. The topological polar surface area (TPSA) is 87.8 Å². The second kappa shape index (κ2) is 9.12. The summed E-state index contributed by atoms with van der Waals surface area (Å²) in [5, 5.41) is 15.8. The molecule has 0 radical (unpaired) electrons. The molecule has 2 heterocycles. The van der Waals surface area contributed by atoms with Gasteiger partial charge in [-0.25, -0.2) is 4.98 Å². The number of rotatable bonds is 5. The second-order valence-electron chi connectivity index (χ2n) is 6.28. The van der Waals surface area contributed by atoms with Crippen molar-refractivity contribution in [1.29, 1.82) is 5.26 Å². The molecule has 0 aliphatic rings. The molecule has 0 fully saturated rings. The van der Waals surface area contributed by atoms with Crippen molar-refractivity contribution >= 4 is 68.1 Å². The Hall–Kier alpha value is -2.83. The molecule has 0 aliphatic heterocycles. The van der Waals surface area contributed by atoms with Crippen molar-refractivity contribution in [3.8, 4) is 11.8 Å². The van der Waals surface area contributed by atoms with Crippen molar-refractivity contribution in [2.45, 2.75) is 5.16 Å². The molecule has 0 unspecified atom stereocenters. The Kier molecular flexibility index (Phi) is 6.30. The second-order valence-corrected chi connectivity index (χ2v) is 9.02. The number of aromatic nitrogens is 2. The number of hydrogen-bond donors (Lipinski definition) is 1. The zero-order valence-corrected chi connectivity index (χ0v) is 18.8. The number of halogens is 2. The van der Waals surface area contributed by atoms with Gasteiger partial charge in [0.15, 0.2) is 5.16 Å². The van der Waals surface area contributed by atoms with E-state index in [1.165, 1.54) is 15.9 Å². The maximum absolute atomic E-state index is 13.2. The molecule has 31 heavy (non-hydrogen) atoms. The van der Waals surface area contributed by atoms with Gasteiger partial charge in [0.05, 0.1) is 27.9 Å². The third-order valence-electron chi connectivity index (χ3n) is 4.26. The van der Waals surface area contributed by atoms with Crippen LogP contribution in [-0.2, 0) is 4.79 Å². The molecular weight excluding hydrogens is 475 g/mol. The van der Waals surface area contributed by atoms with Gasteiger partial charge in [0.25, 0.3) is 5.56 Å². The fourth-order valence-electron chi connectivity index (χ4n) is 2.84. The molecule has 0 spiro atoms. The predicted octanol–water partition coefficient (Wildman–Crippen LogP) is 5.36. The van der Waals surface area contributed by atoms with Crippen LogP contribution in [0.3, 0.4) is 0 Å². The normalized spacial score (nSPS) is 10.7. The van der Waals surface area contributed by atoms with E-state index in [2.05, 4.69) is 10.3 Å². The highest BCUT2D eigenvalue weighted by Gasteiger charge is 2.16. The Labute approximate surface area is 195 Å². The minimum atomic E-state index is -0.313. The van der Waals surface area contributed by atoms with Crippen molar-refractivity contribution in [3.63, 3.8) is 0 Å². The van der Waals surface area contributed by atoms with E-state index in [-0.39, 0.29) is 17.2 Å². The fourth-order valence-corrected chi connectivity index (χ4v) is 4.70. The monoisotopic (exact) mass is 486 g/mol. The molecule has 0 aliphatic carbocycles. The molecule has 0 bridgehead atoms. The van der Waals surface area contributed by atoms with Crippen LogP contribution in [0, 0.1) is 11.3 Å². The summed E-state index contributed by atoms with van der Waals surface area (Å²) in [6, 6.07) is 15.3. The maximum Gasteiger partial charge on any atom is 0.266 e. The van der Waals surface area contributed by atoms with Crippen molar-refractivity contribution < 1.29 is 4.79 Å². The summed E-state index contributed by atoms with van der Waals surface area (Å²) in [7, 11) is 0. The predicted molar refractivity (Wildman–Crippen MR) is 126 cm³/mol. The van der Waals surface area contributed by atoms with Crippen LogP contribution in [0.5, 0.6) is 0 Å². The molecule has 4 rings (SSSR count). The molecule has 0 saturated heterocycles. The van der Waals surface area contributed by atoms with Crippen molar-refractivity contribution in [3.05, 3.63) is 79.9 Å². The number of nitrogens with zero attached hydrogens (tertiary/aromatic N) is 3. The number of thioether (sulfide) groups is 1. The Bertz CT molecular complexity index is 1390. The van der Waals surface area contributed by atoms with Crippen molar-refractivity contribution in [1.82, 2.24) is 9.55 Å². The number of thiophene rings is 1. The number of anilines is 1. The summed E-state index contributed by atoms with van der Waals surface area (Å²) in [6.45, 7) is 0. The molecule has 4 aromatic rings. The zero-order valence-electron chi connectivity index (χ0n) is 15.6. The van der Waals surface area contributed by atoms with Crippen LogP contribution in [0.2, 0.25) is 10.0 Å². The summed E-state index contributed by atoms with van der Waals surface area (Å²) in [5.41, 5.74) is 1.14. The smallest absolute Gasteiger partial charge is 0.266 e. The SMILES string of the molecule is N#Cc1ccsc1NC(=O)CSc1nc2cc(Cl)ccc2c(=O)n1-c1ccc(Cl)cc1. The van der Waals surface area contributed by atoms with E-state index in [4.69, 9.17) is 28.5 Å². The lowest BCUT2D eigenvalue weighted by Gasteiger charge is -2.13. The quantitative estimate of drug-likeness (QED) is 0.303. The van der Waals surface area contributed by atoms with Crippen LogP contribution in [0.15, 0.2) is 63.9 Å². The lowest BCUT2D eigenvalue weighted by molar-refractivity contribution is -0.113. The zero-order chi connectivity index (χ0) is 22.0. The van der Waals surface area contributed by atoms with Gasteiger partial charge in [0, 0.05) is 10.0 Å². The third kappa shape index (κ3) is 4.60. The summed E-state index contributed by atoms with van der Waals surface area (Å²) >= 11 is 14.4. The molecule has 2 aromatic heterocycles. The summed E-state index contributed by atoms with van der Waals surface area (Å²) < 4.78 is 1.44. The van der Waals surface area contributed by atoms with Crippen LogP contribution in [0.4, 0.5) is 5.00 Å². The lowest BCUT2D eigenvalue weighted by atomic mass is 10.2. The van der Waals surface area contributed by atoms with Crippen molar-refractivity contribution in [2.75, 3.05) is 11.1 Å². The highest BCUT2D eigenvalue weighted by Crippen LogP contribution is 2.26. The number of nitriles is 1. The lowest BCUT2D eigenvalue weighted by Crippen LogP contribution is -2.23.